The lowest BCUT2D eigenvalue weighted by atomic mass is 9.82. The lowest BCUT2D eigenvalue weighted by Crippen LogP contribution is -2.61. The van der Waals surface area contributed by atoms with Gasteiger partial charge in [-0.25, -0.2) is 0 Å². The lowest BCUT2D eigenvalue weighted by Gasteiger charge is -2.50. The van der Waals surface area contributed by atoms with Crippen molar-refractivity contribution < 1.29 is 0 Å². The molecule has 3 nitrogen and oxygen atoms in total. The zero-order valence-corrected chi connectivity index (χ0v) is 12.1. The Kier molecular flexibility index (Phi) is 4.75. The van der Waals surface area contributed by atoms with Gasteiger partial charge in [0.15, 0.2) is 0 Å². The maximum atomic E-state index is 6.16. The number of thioether (sulfide) groups is 1. The van der Waals surface area contributed by atoms with Gasteiger partial charge in [-0.2, -0.15) is 11.8 Å². The third-order valence-corrected chi connectivity index (χ3v) is 5.68. The summed E-state index contributed by atoms with van der Waals surface area (Å²) < 4.78 is 0. The summed E-state index contributed by atoms with van der Waals surface area (Å²) in [7, 11) is 2.24. The summed E-state index contributed by atoms with van der Waals surface area (Å²) in [5.41, 5.74) is 6.45. The fourth-order valence-electron chi connectivity index (χ4n) is 3.23. The van der Waals surface area contributed by atoms with Crippen molar-refractivity contribution in [1.29, 1.82) is 0 Å². The fraction of sp³-hybridized carbons (Fsp3) is 1.00. The van der Waals surface area contributed by atoms with Gasteiger partial charge in [-0.15, -0.1) is 0 Å². The molecule has 0 aromatic carbocycles. The molecule has 0 amide bonds. The van der Waals surface area contributed by atoms with Crippen LogP contribution in [0, 0.1) is 0 Å². The highest BCUT2D eigenvalue weighted by molar-refractivity contribution is 7.99. The maximum Gasteiger partial charge on any atom is 0.0358 e. The predicted octanol–water partition coefficient (Wildman–Crippen LogP) is 1.24. The highest BCUT2D eigenvalue weighted by Gasteiger charge is 2.40. The molecular weight excluding hydrogens is 230 g/mol. The van der Waals surface area contributed by atoms with E-state index in [-0.39, 0.29) is 5.54 Å². The number of nitrogens with two attached hydrogens (primary N) is 1. The summed E-state index contributed by atoms with van der Waals surface area (Å²) in [5, 5.41) is 0. The van der Waals surface area contributed by atoms with E-state index in [0.717, 1.165) is 6.54 Å². The van der Waals surface area contributed by atoms with Gasteiger partial charge in [-0.05, 0) is 52.1 Å². The van der Waals surface area contributed by atoms with Crippen LogP contribution in [0.25, 0.3) is 0 Å². The van der Waals surface area contributed by atoms with Gasteiger partial charge in [-0.1, -0.05) is 0 Å². The number of nitrogens with zero attached hydrogens (tertiary/aromatic N) is 2. The van der Waals surface area contributed by atoms with Crippen LogP contribution in [0.4, 0.5) is 0 Å². The number of rotatable bonds is 2. The van der Waals surface area contributed by atoms with Gasteiger partial charge in [0.05, 0.1) is 0 Å². The second-order valence-corrected chi connectivity index (χ2v) is 6.89. The molecule has 2 unspecified atom stereocenters. The first-order valence-corrected chi connectivity index (χ1v) is 8.06. The monoisotopic (exact) mass is 257 g/mol. The molecule has 2 heterocycles. The van der Waals surface area contributed by atoms with E-state index in [1.54, 1.807) is 0 Å². The molecule has 17 heavy (non-hydrogen) atoms. The third kappa shape index (κ3) is 2.98. The molecule has 2 aliphatic rings. The molecule has 2 fully saturated rings. The molecule has 2 rings (SSSR count). The Morgan fingerprint density at radius 2 is 2.12 bits per heavy atom. The average Bonchev–Trinajstić information content (AvgIpc) is 2.62. The maximum absolute atomic E-state index is 6.16. The van der Waals surface area contributed by atoms with Gasteiger partial charge < -0.3 is 10.6 Å². The van der Waals surface area contributed by atoms with Crippen molar-refractivity contribution >= 4 is 11.8 Å². The van der Waals surface area contributed by atoms with Crippen LogP contribution in [-0.4, -0.2) is 66.1 Å². The minimum absolute atomic E-state index is 0.289. The first-order chi connectivity index (χ1) is 8.18. The topological polar surface area (TPSA) is 32.5 Å². The molecule has 0 aliphatic carbocycles. The van der Waals surface area contributed by atoms with E-state index in [2.05, 4.69) is 35.5 Å². The molecule has 2 aliphatic heterocycles. The largest absolute Gasteiger partial charge is 0.329 e. The van der Waals surface area contributed by atoms with Crippen LogP contribution in [0.15, 0.2) is 0 Å². The molecule has 0 spiro atoms. The second-order valence-electron chi connectivity index (χ2n) is 5.67. The lowest BCUT2D eigenvalue weighted by molar-refractivity contribution is 0.0151. The summed E-state index contributed by atoms with van der Waals surface area (Å²) in [6.07, 6.45) is 3.82. The molecule has 0 aromatic heterocycles. The summed E-state index contributed by atoms with van der Waals surface area (Å²) in [6, 6.07) is 0.670. The van der Waals surface area contributed by atoms with E-state index in [9.17, 15) is 0 Å². The first kappa shape index (κ1) is 13.7. The standard InChI is InChI=1S/C13H27N3S/c1-12-10-13(11-14,4-6-15(12)2)16-5-3-8-17-9-7-16/h12H,3-11,14H2,1-2H3. The molecule has 100 valence electrons. The van der Waals surface area contributed by atoms with Crippen LogP contribution >= 0.6 is 11.8 Å². The van der Waals surface area contributed by atoms with Crippen molar-refractivity contribution in [3.63, 3.8) is 0 Å². The van der Waals surface area contributed by atoms with Gasteiger partial charge in [0.2, 0.25) is 0 Å². The number of piperidine rings is 1. The first-order valence-electron chi connectivity index (χ1n) is 6.91. The molecule has 0 aromatic rings. The Bertz CT molecular complexity index is 241. The average molecular weight is 257 g/mol. The predicted molar refractivity (Wildman–Crippen MR) is 76.6 cm³/mol. The van der Waals surface area contributed by atoms with Gasteiger partial charge in [0.1, 0.15) is 0 Å². The van der Waals surface area contributed by atoms with E-state index >= 15 is 0 Å². The van der Waals surface area contributed by atoms with Gasteiger partial charge >= 0.3 is 0 Å². The van der Waals surface area contributed by atoms with Gasteiger partial charge in [0, 0.05) is 30.4 Å². The van der Waals surface area contributed by atoms with Gasteiger partial charge in [0.25, 0.3) is 0 Å². The van der Waals surface area contributed by atoms with E-state index in [1.165, 1.54) is 50.4 Å². The summed E-state index contributed by atoms with van der Waals surface area (Å²) in [4.78, 5) is 5.18. The Morgan fingerprint density at radius 3 is 2.82 bits per heavy atom. The van der Waals surface area contributed by atoms with E-state index in [0.29, 0.717) is 6.04 Å². The Labute approximate surface area is 110 Å². The summed E-state index contributed by atoms with van der Waals surface area (Å²) >= 11 is 2.10. The zero-order valence-electron chi connectivity index (χ0n) is 11.3. The van der Waals surface area contributed by atoms with Crippen molar-refractivity contribution in [3.05, 3.63) is 0 Å². The second kappa shape index (κ2) is 5.91. The fourth-order valence-corrected chi connectivity index (χ4v) is 4.12. The van der Waals surface area contributed by atoms with Crippen molar-refractivity contribution in [1.82, 2.24) is 9.80 Å². The van der Waals surface area contributed by atoms with E-state index in [1.807, 2.05) is 0 Å². The summed E-state index contributed by atoms with van der Waals surface area (Å²) in [5.74, 6) is 2.61. The molecule has 0 saturated carbocycles. The highest BCUT2D eigenvalue weighted by atomic mass is 32.2. The Morgan fingerprint density at radius 1 is 1.29 bits per heavy atom. The van der Waals surface area contributed by atoms with Crippen LogP contribution in [-0.2, 0) is 0 Å². The molecule has 2 saturated heterocycles. The third-order valence-electron chi connectivity index (χ3n) is 4.63. The minimum atomic E-state index is 0.289. The minimum Gasteiger partial charge on any atom is -0.329 e. The smallest absolute Gasteiger partial charge is 0.0358 e. The van der Waals surface area contributed by atoms with Gasteiger partial charge in [-0.3, -0.25) is 4.90 Å². The highest BCUT2D eigenvalue weighted by Crippen LogP contribution is 2.32. The van der Waals surface area contributed by atoms with Crippen LogP contribution in [0.3, 0.4) is 0 Å². The van der Waals surface area contributed by atoms with Crippen molar-refractivity contribution in [2.24, 2.45) is 5.73 Å². The van der Waals surface area contributed by atoms with E-state index in [4.69, 9.17) is 5.73 Å². The normalized spacial score (nSPS) is 37.9. The van der Waals surface area contributed by atoms with Crippen LogP contribution < -0.4 is 5.73 Å². The van der Waals surface area contributed by atoms with Crippen LogP contribution in [0.2, 0.25) is 0 Å². The zero-order chi connectivity index (χ0) is 12.3. The van der Waals surface area contributed by atoms with Crippen molar-refractivity contribution in [2.45, 2.75) is 37.8 Å². The van der Waals surface area contributed by atoms with Crippen molar-refractivity contribution in [2.75, 3.05) is 44.7 Å². The molecule has 0 radical (unpaired) electrons. The number of hydrogen-bond donors (Lipinski definition) is 1. The molecule has 4 heteroatoms. The molecule has 2 N–H and O–H groups in total. The molecule has 0 bridgehead atoms. The van der Waals surface area contributed by atoms with Crippen molar-refractivity contribution in [3.8, 4) is 0 Å². The van der Waals surface area contributed by atoms with Crippen LogP contribution in [0.5, 0.6) is 0 Å². The quantitative estimate of drug-likeness (QED) is 0.807. The Balaban J connectivity index is 2.07. The molecular formula is C13H27N3S. The Hall–Kier alpha value is 0.230. The van der Waals surface area contributed by atoms with Crippen LogP contribution in [0.1, 0.15) is 26.2 Å². The SMILES string of the molecule is CC1CC(CN)(N2CCCSCC2)CCN1C. The van der Waals surface area contributed by atoms with E-state index < -0.39 is 0 Å². The number of hydrogen-bond acceptors (Lipinski definition) is 4. The number of likely N-dealkylation sites (tertiary alicyclic amines) is 1. The molecule has 2 atom stereocenters. The summed E-state index contributed by atoms with van der Waals surface area (Å²) in [6.45, 7) is 6.85.